The summed E-state index contributed by atoms with van der Waals surface area (Å²) < 4.78 is 0. The Balaban J connectivity index is 1.54. The monoisotopic (exact) mass is 428 g/mol. The fourth-order valence-corrected chi connectivity index (χ4v) is 10.8. The van der Waals surface area contributed by atoms with Crippen LogP contribution < -0.4 is 0 Å². The molecule has 9 unspecified atom stereocenters. The Hall–Kier alpha value is 0. The van der Waals surface area contributed by atoms with Crippen LogP contribution >= 0.6 is 0 Å². The molecule has 0 bridgehead atoms. The predicted octanol–water partition coefficient (Wildman–Crippen LogP) is 9.91. The minimum atomic E-state index is 0.493. The van der Waals surface area contributed by atoms with Crippen molar-refractivity contribution in [2.24, 2.45) is 57.2 Å². The van der Waals surface area contributed by atoms with Gasteiger partial charge in [-0.15, -0.1) is 0 Å². The molecule has 0 aromatic rings. The van der Waals surface area contributed by atoms with E-state index in [-0.39, 0.29) is 0 Å². The fourth-order valence-electron chi connectivity index (χ4n) is 10.8. The maximum Gasteiger partial charge on any atom is -0.0261 e. The van der Waals surface area contributed by atoms with Crippen LogP contribution in [0.3, 0.4) is 0 Å². The zero-order chi connectivity index (χ0) is 22.7. The van der Waals surface area contributed by atoms with Gasteiger partial charge in [-0.2, -0.15) is 0 Å². The van der Waals surface area contributed by atoms with Crippen LogP contribution in [0.2, 0.25) is 0 Å². The van der Waals surface area contributed by atoms with Gasteiger partial charge in [0, 0.05) is 0 Å². The Morgan fingerprint density at radius 2 is 1.45 bits per heavy atom. The number of hydrogen-bond acceptors (Lipinski definition) is 0. The lowest BCUT2D eigenvalue weighted by Crippen LogP contribution is -2.60. The normalized spacial score (nSPS) is 49.7. The largest absolute Gasteiger partial charge is 0.0654 e. The van der Waals surface area contributed by atoms with Gasteiger partial charge < -0.3 is 0 Å². The van der Waals surface area contributed by atoms with Crippen LogP contribution in [-0.4, -0.2) is 0 Å². The predicted molar refractivity (Wildman–Crippen MR) is 136 cm³/mol. The van der Waals surface area contributed by atoms with Crippen molar-refractivity contribution in [2.75, 3.05) is 0 Å². The van der Waals surface area contributed by atoms with Gasteiger partial charge in [-0.25, -0.2) is 0 Å². The second-order valence-electron chi connectivity index (χ2n) is 14.3. The van der Waals surface area contributed by atoms with E-state index in [0.717, 1.165) is 35.5 Å². The van der Waals surface area contributed by atoms with Crippen molar-refractivity contribution in [2.45, 2.75) is 139 Å². The molecule has 0 N–H and O–H groups in total. The molecule has 4 aliphatic rings. The lowest BCUT2D eigenvalue weighted by atomic mass is 9.37. The Morgan fingerprint density at radius 3 is 2.13 bits per heavy atom. The summed E-state index contributed by atoms with van der Waals surface area (Å²) >= 11 is 0. The van der Waals surface area contributed by atoms with Gasteiger partial charge in [0.2, 0.25) is 0 Å². The third-order valence-electron chi connectivity index (χ3n) is 13.3. The zero-order valence-electron chi connectivity index (χ0n) is 22.7. The van der Waals surface area contributed by atoms with E-state index < -0.39 is 0 Å². The number of fused-ring (bicyclic) bond motifs is 5. The van der Waals surface area contributed by atoms with E-state index in [1.165, 1.54) is 64.2 Å². The second-order valence-corrected chi connectivity index (χ2v) is 14.3. The van der Waals surface area contributed by atoms with Gasteiger partial charge in [0.05, 0.1) is 0 Å². The van der Waals surface area contributed by atoms with E-state index in [2.05, 4.69) is 55.4 Å². The average molecular weight is 429 g/mol. The van der Waals surface area contributed by atoms with Gasteiger partial charge in [-0.05, 0) is 109 Å². The Bertz CT molecular complexity index is 632. The zero-order valence-corrected chi connectivity index (χ0v) is 22.7. The molecule has 0 heterocycles. The van der Waals surface area contributed by atoms with E-state index in [9.17, 15) is 0 Å². The highest BCUT2D eigenvalue weighted by atomic mass is 14.7. The summed E-state index contributed by atoms with van der Waals surface area (Å²) in [5, 5.41) is 0. The molecule has 0 amide bonds. The van der Waals surface area contributed by atoms with E-state index in [1.807, 2.05) is 0 Å². The molecule has 4 saturated carbocycles. The van der Waals surface area contributed by atoms with Gasteiger partial charge in [-0.1, -0.05) is 87.5 Å². The Kier molecular flexibility index (Phi) is 6.49. The van der Waals surface area contributed by atoms with Crippen molar-refractivity contribution in [1.29, 1.82) is 0 Å². The molecule has 0 aliphatic heterocycles. The van der Waals surface area contributed by atoms with Crippen LogP contribution in [0.5, 0.6) is 0 Å². The molecule has 0 radical (unpaired) electrons. The Labute approximate surface area is 196 Å². The molecule has 0 aromatic carbocycles. The SMILES string of the molecule is CCCCCC(C)C1CCC2C3CCC4C(C)(CCC(C)(CC)C4(C)C)C3CCC12C. The quantitative estimate of drug-likeness (QED) is 0.369. The topological polar surface area (TPSA) is 0 Å². The third-order valence-corrected chi connectivity index (χ3v) is 13.3. The standard InChI is InChI=1S/C31H56/c1-9-11-12-13-22(3)24-15-16-25-23-14-17-27-28(4,5)29(6,10-2)20-21-31(27,8)26(23)18-19-30(24,25)7/h22-27H,9-21H2,1-8H3. The highest BCUT2D eigenvalue weighted by Crippen LogP contribution is 2.72. The highest BCUT2D eigenvalue weighted by Gasteiger charge is 2.64. The van der Waals surface area contributed by atoms with E-state index in [1.54, 1.807) is 19.3 Å². The minimum Gasteiger partial charge on any atom is -0.0654 e. The lowest BCUT2D eigenvalue weighted by Gasteiger charge is -2.68. The maximum absolute atomic E-state index is 2.77. The van der Waals surface area contributed by atoms with Crippen LogP contribution in [0.1, 0.15) is 139 Å². The van der Waals surface area contributed by atoms with Crippen molar-refractivity contribution in [3.05, 3.63) is 0 Å². The van der Waals surface area contributed by atoms with E-state index in [4.69, 9.17) is 0 Å². The molecule has 0 nitrogen and oxygen atoms in total. The molecule has 0 spiro atoms. The van der Waals surface area contributed by atoms with Gasteiger partial charge in [0.15, 0.2) is 0 Å². The molecule has 4 aliphatic carbocycles. The fraction of sp³-hybridized carbons (Fsp3) is 1.00. The summed E-state index contributed by atoms with van der Waals surface area (Å²) in [4.78, 5) is 0. The van der Waals surface area contributed by atoms with Crippen LogP contribution in [-0.2, 0) is 0 Å². The first-order valence-electron chi connectivity index (χ1n) is 14.5. The molecular weight excluding hydrogens is 372 g/mol. The summed E-state index contributed by atoms with van der Waals surface area (Å²) in [6.07, 6.45) is 19.3. The molecule has 0 heteroatoms. The molecule has 180 valence electrons. The molecule has 4 rings (SSSR count). The van der Waals surface area contributed by atoms with Gasteiger partial charge in [0.1, 0.15) is 0 Å². The number of hydrogen-bond donors (Lipinski definition) is 0. The first kappa shape index (κ1) is 24.1. The number of rotatable bonds is 6. The van der Waals surface area contributed by atoms with E-state index in [0.29, 0.717) is 21.7 Å². The van der Waals surface area contributed by atoms with Gasteiger partial charge in [-0.3, -0.25) is 0 Å². The van der Waals surface area contributed by atoms with E-state index >= 15 is 0 Å². The van der Waals surface area contributed by atoms with Crippen molar-refractivity contribution in [3.8, 4) is 0 Å². The van der Waals surface area contributed by atoms with Crippen molar-refractivity contribution in [3.63, 3.8) is 0 Å². The average Bonchev–Trinajstić information content (AvgIpc) is 3.08. The van der Waals surface area contributed by atoms with Crippen LogP contribution in [0, 0.1) is 57.2 Å². The van der Waals surface area contributed by atoms with Crippen molar-refractivity contribution in [1.82, 2.24) is 0 Å². The molecule has 9 atom stereocenters. The number of unbranched alkanes of at least 4 members (excludes halogenated alkanes) is 2. The third kappa shape index (κ3) is 3.50. The van der Waals surface area contributed by atoms with Gasteiger partial charge >= 0.3 is 0 Å². The van der Waals surface area contributed by atoms with Crippen molar-refractivity contribution >= 4 is 0 Å². The molecule has 0 aromatic heterocycles. The first-order valence-corrected chi connectivity index (χ1v) is 14.5. The summed E-state index contributed by atoms with van der Waals surface area (Å²) in [6, 6.07) is 0. The summed E-state index contributed by atoms with van der Waals surface area (Å²) in [6.45, 7) is 20.9. The lowest BCUT2D eigenvalue weighted by molar-refractivity contribution is -0.187. The second kappa shape index (κ2) is 8.34. The molecule has 0 saturated heterocycles. The Morgan fingerprint density at radius 1 is 0.742 bits per heavy atom. The molecular formula is C31H56. The summed E-state index contributed by atoms with van der Waals surface area (Å²) in [7, 11) is 0. The van der Waals surface area contributed by atoms with Gasteiger partial charge in [0.25, 0.3) is 0 Å². The van der Waals surface area contributed by atoms with Crippen LogP contribution in [0.4, 0.5) is 0 Å². The molecule has 31 heavy (non-hydrogen) atoms. The summed E-state index contributed by atoms with van der Waals surface area (Å²) in [5.74, 6) is 5.98. The summed E-state index contributed by atoms with van der Waals surface area (Å²) in [5.41, 5.74) is 2.29. The van der Waals surface area contributed by atoms with Crippen LogP contribution in [0.25, 0.3) is 0 Å². The minimum absolute atomic E-state index is 0.493. The molecule has 4 fully saturated rings. The smallest absolute Gasteiger partial charge is 0.0261 e. The first-order chi connectivity index (χ1) is 14.5. The van der Waals surface area contributed by atoms with Crippen LogP contribution in [0.15, 0.2) is 0 Å². The van der Waals surface area contributed by atoms with Crippen molar-refractivity contribution < 1.29 is 0 Å². The highest BCUT2D eigenvalue weighted by molar-refractivity contribution is 5.13. The maximum atomic E-state index is 2.77.